The first-order chi connectivity index (χ1) is 16.5. The Hall–Kier alpha value is -4.13. The lowest BCUT2D eigenvalue weighted by molar-refractivity contribution is -0.112. The van der Waals surface area contributed by atoms with Gasteiger partial charge >= 0.3 is 0 Å². The third-order valence-corrected chi connectivity index (χ3v) is 6.02. The van der Waals surface area contributed by atoms with Crippen LogP contribution in [0, 0.1) is 0 Å². The van der Waals surface area contributed by atoms with Gasteiger partial charge in [-0.05, 0) is 67.8 Å². The van der Waals surface area contributed by atoms with Crippen molar-refractivity contribution < 1.29 is 14.6 Å². The van der Waals surface area contributed by atoms with Gasteiger partial charge in [0.2, 0.25) is 5.88 Å². The van der Waals surface area contributed by atoms with Gasteiger partial charge in [-0.15, -0.1) is 0 Å². The third kappa shape index (κ3) is 3.79. The van der Waals surface area contributed by atoms with Gasteiger partial charge in [0.15, 0.2) is 0 Å². The number of rotatable bonds is 4. The highest BCUT2D eigenvalue weighted by Gasteiger charge is 2.26. The summed E-state index contributed by atoms with van der Waals surface area (Å²) in [6.45, 7) is 6.50. The number of amides is 1. The van der Waals surface area contributed by atoms with Crippen molar-refractivity contribution >= 4 is 28.1 Å². The lowest BCUT2D eigenvalue weighted by Gasteiger charge is -2.17. The minimum absolute atomic E-state index is 0.0933. The quantitative estimate of drug-likeness (QED) is 0.400. The Bertz CT molecular complexity index is 1440. The average molecular weight is 455 g/mol. The molecule has 0 bridgehead atoms. The van der Waals surface area contributed by atoms with Crippen molar-refractivity contribution in [3.05, 3.63) is 83.2 Å². The van der Waals surface area contributed by atoms with Crippen molar-refractivity contribution in [1.82, 2.24) is 14.8 Å². The number of nitrogens with zero attached hydrogens (tertiary/aromatic N) is 3. The third-order valence-electron chi connectivity index (χ3n) is 6.02. The first-order valence-corrected chi connectivity index (χ1v) is 11.4. The fourth-order valence-corrected chi connectivity index (χ4v) is 4.45. The standard InChI is InChI=1S/C27H26N4O3/c1-4-21(26(33)30-19-7-5-8-20(32)13-19)25-22-9-6-10-28-27(22)34-15-18-12-24-17(11-23(18)25)14-29-31(24)16(2)3/h5-14,16,32H,4,15H2,1-3H3,(H,30,33)/b25-21+. The summed E-state index contributed by atoms with van der Waals surface area (Å²) in [6.07, 6.45) is 4.05. The molecule has 7 nitrogen and oxygen atoms in total. The summed E-state index contributed by atoms with van der Waals surface area (Å²) in [5, 5.41) is 18.3. The number of hydrogen-bond donors (Lipinski definition) is 2. The smallest absolute Gasteiger partial charge is 0.252 e. The molecule has 1 amide bonds. The van der Waals surface area contributed by atoms with Crippen molar-refractivity contribution in [3.8, 4) is 11.6 Å². The molecule has 0 saturated carbocycles. The van der Waals surface area contributed by atoms with Gasteiger partial charge in [-0.25, -0.2) is 4.98 Å². The summed E-state index contributed by atoms with van der Waals surface area (Å²) in [5.74, 6) is 0.360. The van der Waals surface area contributed by atoms with Gasteiger partial charge < -0.3 is 15.2 Å². The summed E-state index contributed by atoms with van der Waals surface area (Å²) in [4.78, 5) is 18.0. The molecule has 0 unspecified atom stereocenters. The van der Waals surface area contributed by atoms with Crippen molar-refractivity contribution in [3.63, 3.8) is 0 Å². The molecule has 7 heteroatoms. The van der Waals surface area contributed by atoms with E-state index in [4.69, 9.17) is 4.74 Å². The van der Waals surface area contributed by atoms with Crippen LogP contribution >= 0.6 is 0 Å². The number of pyridine rings is 1. The zero-order valence-corrected chi connectivity index (χ0v) is 19.4. The Morgan fingerprint density at radius 2 is 2.03 bits per heavy atom. The molecule has 0 spiro atoms. The van der Waals surface area contributed by atoms with Crippen molar-refractivity contribution in [2.24, 2.45) is 0 Å². The predicted molar refractivity (Wildman–Crippen MR) is 132 cm³/mol. The molecule has 1 aliphatic heterocycles. The van der Waals surface area contributed by atoms with E-state index < -0.39 is 0 Å². The van der Waals surface area contributed by atoms with Crippen LogP contribution in [0.2, 0.25) is 0 Å². The second-order valence-corrected chi connectivity index (χ2v) is 8.61. The number of carbonyl (C=O) groups excluding carboxylic acids is 1. The van der Waals surface area contributed by atoms with Crippen molar-refractivity contribution in [1.29, 1.82) is 0 Å². The van der Waals surface area contributed by atoms with Crippen LogP contribution in [0.4, 0.5) is 5.69 Å². The molecule has 0 atom stereocenters. The Kier molecular flexibility index (Phi) is 5.53. The van der Waals surface area contributed by atoms with Crippen molar-refractivity contribution in [2.45, 2.75) is 39.8 Å². The molecule has 4 aromatic rings. The number of phenolic OH excluding ortho intramolecular Hbond substituents is 1. The van der Waals surface area contributed by atoms with E-state index >= 15 is 0 Å². The van der Waals surface area contributed by atoms with Crippen LogP contribution in [-0.2, 0) is 11.4 Å². The van der Waals surface area contributed by atoms with Crippen molar-refractivity contribution in [2.75, 3.05) is 5.32 Å². The van der Waals surface area contributed by atoms with Crippen LogP contribution in [-0.4, -0.2) is 25.8 Å². The van der Waals surface area contributed by atoms with Gasteiger partial charge in [0.1, 0.15) is 12.4 Å². The predicted octanol–water partition coefficient (Wildman–Crippen LogP) is 5.46. The number of aromatic hydroxyl groups is 1. The summed E-state index contributed by atoms with van der Waals surface area (Å²) < 4.78 is 8.09. The summed E-state index contributed by atoms with van der Waals surface area (Å²) in [7, 11) is 0. The van der Waals surface area contributed by atoms with E-state index in [2.05, 4.69) is 41.4 Å². The van der Waals surface area contributed by atoms with Crippen LogP contribution < -0.4 is 10.1 Å². The minimum atomic E-state index is -0.233. The van der Waals surface area contributed by atoms with Crippen LogP contribution in [0.3, 0.4) is 0 Å². The first kappa shape index (κ1) is 21.7. The number of anilines is 1. The fraction of sp³-hybridized carbons (Fsp3) is 0.222. The fourth-order valence-electron chi connectivity index (χ4n) is 4.45. The van der Waals surface area contributed by atoms with E-state index in [1.54, 1.807) is 24.4 Å². The van der Waals surface area contributed by atoms with E-state index in [9.17, 15) is 9.90 Å². The molecule has 2 aromatic heterocycles. The monoisotopic (exact) mass is 454 g/mol. The van der Waals surface area contributed by atoms with Gasteiger partial charge in [0, 0.05) is 46.1 Å². The molecule has 5 rings (SSSR count). The highest BCUT2D eigenvalue weighted by molar-refractivity contribution is 6.12. The number of carbonyl (C=O) groups is 1. The summed E-state index contributed by atoms with van der Waals surface area (Å²) in [5.41, 5.74) is 5.65. The molecule has 0 aliphatic carbocycles. The topological polar surface area (TPSA) is 89.3 Å². The Labute approximate surface area is 197 Å². The number of phenols is 1. The molecule has 1 aliphatic rings. The van der Waals surface area contributed by atoms with Crippen LogP contribution in [0.5, 0.6) is 11.6 Å². The number of ether oxygens (including phenoxy) is 1. The van der Waals surface area contributed by atoms with E-state index in [1.165, 1.54) is 6.07 Å². The van der Waals surface area contributed by atoms with Gasteiger partial charge in [-0.3, -0.25) is 9.48 Å². The van der Waals surface area contributed by atoms with E-state index in [0.717, 1.165) is 33.2 Å². The van der Waals surface area contributed by atoms with E-state index in [1.807, 2.05) is 29.9 Å². The largest absolute Gasteiger partial charge is 0.508 e. The molecule has 0 saturated heterocycles. The Morgan fingerprint density at radius 1 is 1.18 bits per heavy atom. The maximum absolute atomic E-state index is 13.5. The summed E-state index contributed by atoms with van der Waals surface area (Å²) in [6, 6.07) is 14.7. The molecule has 0 radical (unpaired) electrons. The first-order valence-electron chi connectivity index (χ1n) is 11.4. The van der Waals surface area contributed by atoms with Crippen LogP contribution in [0.25, 0.3) is 16.5 Å². The van der Waals surface area contributed by atoms with Gasteiger partial charge in [-0.2, -0.15) is 5.10 Å². The highest BCUT2D eigenvalue weighted by atomic mass is 16.5. The van der Waals surface area contributed by atoms with Gasteiger partial charge in [0.05, 0.1) is 11.7 Å². The van der Waals surface area contributed by atoms with Crippen LogP contribution in [0.15, 0.2) is 66.5 Å². The Morgan fingerprint density at radius 3 is 2.79 bits per heavy atom. The maximum atomic E-state index is 13.5. The molecule has 34 heavy (non-hydrogen) atoms. The normalized spacial score (nSPS) is 14.2. The SMILES string of the molecule is CC/C(C(=O)Nc1cccc(O)c1)=C1\c2cc3cnn(C(C)C)c3cc2COc2ncccc21. The number of benzene rings is 2. The number of fused-ring (bicyclic) bond motifs is 3. The van der Waals surface area contributed by atoms with Gasteiger partial charge in [0.25, 0.3) is 5.91 Å². The summed E-state index contributed by atoms with van der Waals surface area (Å²) >= 11 is 0. The van der Waals surface area contributed by atoms with E-state index in [0.29, 0.717) is 30.2 Å². The second-order valence-electron chi connectivity index (χ2n) is 8.61. The maximum Gasteiger partial charge on any atom is 0.252 e. The number of hydrogen-bond acceptors (Lipinski definition) is 5. The molecular weight excluding hydrogens is 428 g/mol. The molecule has 2 aromatic carbocycles. The molecule has 3 heterocycles. The molecule has 172 valence electrons. The number of nitrogens with one attached hydrogen (secondary N) is 1. The average Bonchev–Trinajstić information content (AvgIpc) is 3.17. The minimum Gasteiger partial charge on any atom is -0.508 e. The molecule has 0 fully saturated rings. The van der Waals surface area contributed by atoms with Gasteiger partial charge in [-0.1, -0.05) is 13.0 Å². The van der Waals surface area contributed by atoms with E-state index in [-0.39, 0.29) is 17.7 Å². The molecular formula is C27H26N4O3. The zero-order valence-electron chi connectivity index (χ0n) is 19.4. The highest BCUT2D eigenvalue weighted by Crippen LogP contribution is 2.40. The molecule has 2 N–H and O–H groups in total. The van der Waals surface area contributed by atoms with Crippen LogP contribution in [0.1, 0.15) is 49.9 Å². The number of aromatic nitrogens is 3. The Balaban J connectivity index is 1.73. The zero-order chi connectivity index (χ0) is 23.8. The lowest BCUT2D eigenvalue weighted by atomic mass is 9.89. The second kappa shape index (κ2) is 8.67. The lowest BCUT2D eigenvalue weighted by Crippen LogP contribution is -2.16.